The van der Waals surface area contributed by atoms with Gasteiger partial charge in [-0.25, -0.2) is 0 Å². The third kappa shape index (κ3) is 5.59. The number of pyridine rings is 1. The Morgan fingerprint density at radius 3 is 2.89 bits per heavy atom. The summed E-state index contributed by atoms with van der Waals surface area (Å²) in [5.74, 6) is 0.239. The van der Waals surface area contributed by atoms with Gasteiger partial charge in [-0.2, -0.15) is 0 Å². The fraction of sp³-hybridized carbons (Fsp3) is 0.429. The molecule has 0 aliphatic rings. The van der Waals surface area contributed by atoms with Gasteiger partial charge >= 0.3 is 0 Å². The molecule has 0 aliphatic carbocycles. The van der Waals surface area contributed by atoms with E-state index in [0.717, 1.165) is 12.0 Å². The molecule has 1 atom stereocenters. The summed E-state index contributed by atoms with van der Waals surface area (Å²) in [6.45, 7) is 4.07. The predicted octanol–water partition coefficient (Wildman–Crippen LogP) is 1.62. The summed E-state index contributed by atoms with van der Waals surface area (Å²) >= 11 is 0. The van der Waals surface area contributed by atoms with Crippen LogP contribution >= 0.6 is 0 Å². The molecule has 0 fully saturated rings. The smallest absolute Gasteiger partial charge is 0.244 e. The summed E-state index contributed by atoms with van der Waals surface area (Å²) in [7, 11) is 0. The fourth-order valence-electron chi connectivity index (χ4n) is 1.64. The lowest BCUT2D eigenvalue weighted by Crippen LogP contribution is -2.37. The number of rotatable bonds is 6. The van der Waals surface area contributed by atoms with Crippen molar-refractivity contribution in [3.63, 3.8) is 0 Å². The van der Waals surface area contributed by atoms with E-state index in [2.05, 4.69) is 24.1 Å². The third-order valence-electron chi connectivity index (χ3n) is 2.43. The van der Waals surface area contributed by atoms with E-state index in [1.54, 1.807) is 18.5 Å². The van der Waals surface area contributed by atoms with Crippen LogP contribution in [0.25, 0.3) is 6.08 Å². The number of carbonyl (C=O) groups excluding carboxylic acids is 1. The van der Waals surface area contributed by atoms with Crippen LogP contribution in [0.1, 0.15) is 25.8 Å². The molecule has 1 amide bonds. The molecule has 4 nitrogen and oxygen atoms in total. The number of aliphatic hydroxyl groups is 1. The number of hydrogen-bond acceptors (Lipinski definition) is 3. The summed E-state index contributed by atoms with van der Waals surface area (Å²) < 4.78 is 0. The number of nitrogens with zero attached hydrogens (tertiary/aromatic N) is 1. The van der Waals surface area contributed by atoms with Crippen LogP contribution in [0.2, 0.25) is 0 Å². The zero-order valence-corrected chi connectivity index (χ0v) is 10.8. The Labute approximate surface area is 108 Å². The largest absolute Gasteiger partial charge is 0.394 e. The zero-order valence-electron chi connectivity index (χ0n) is 10.8. The summed E-state index contributed by atoms with van der Waals surface area (Å²) in [4.78, 5) is 15.6. The van der Waals surface area contributed by atoms with Gasteiger partial charge in [0.05, 0.1) is 12.6 Å². The minimum atomic E-state index is -0.196. The lowest BCUT2D eigenvalue weighted by atomic mass is 10.0. The number of aliphatic hydroxyl groups excluding tert-OH is 1. The minimum absolute atomic E-state index is 0.0371. The van der Waals surface area contributed by atoms with Crippen molar-refractivity contribution in [2.24, 2.45) is 5.92 Å². The van der Waals surface area contributed by atoms with Crippen LogP contribution in [0.4, 0.5) is 0 Å². The van der Waals surface area contributed by atoms with Gasteiger partial charge in [-0.3, -0.25) is 9.78 Å². The highest BCUT2D eigenvalue weighted by atomic mass is 16.3. The van der Waals surface area contributed by atoms with E-state index in [1.807, 2.05) is 12.1 Å². The number of nitrogens with one attached hydrogen (secondary N) is 1. The first-order valence-electron chi connectivity index (χ1n) is 6.11. The first kappa shape index (κ1) is 14.4. The van der Waals surface area contributed by atoms with Gasteiger partial charge in [0.25, 0.3) is 0 Å². The average Bonchev–Trinajstić information content (AvgIpc) is 2.36. The second-order valence-electron chi connectivity index (χ2n) is 4.64. The average molecular weight is 248 g/mol. The number of carbonyl (C=O) groups is 1. The van der Waals surface area contributed by atoms with Gasteiger partial charge in [0, 0.05) is 18.5 Å². The summed E-state index contributed by atoms with van der Waals surface area (Å²) in [6, 6.07) is 3.50. The monoisotopic (exact) mass is 248 g/mol. The fourth-order valence-corrected chi connectivity index (χ4v) is 1.64. The van der Waals surface area contributed by atoms with Crippen LogP contribution in [0.5, 0.6) is 0 Å². The highest BCUT2D eigenvalue weighted by Gasteiger charge is 2.10. The van der Waals surface area contributed by atoms with Gasteiger partial charge in [-0.1, -0.05) is 19.9 Å². The first-order chi connectivity index (χ1) is 8.61. The molecule has 0 radical (unpaired) electrons. The molecular formula is C14H20N2O2. The van der Waals surface area contributed by atoms with Crippen LogP contribution in [-0.2, 0) is 4.79 Å². The van der Waals surface area contributed by atoms with Crippen molar-refractivity contribution in [2.75, 3.05) is 6.61 Å². The molecule has 4 heteroatoms. The Morgan fingerprint density at radius 1 is 1.56 bits per heavy atom. The van der Waals surface area contributed by atoms with E-state index in [1.165, 1.54) is 6.08 Å². The van der Waals surface area contributed by atoms with E-state index in [4.69, 9.17) is 5.11 Å². The Kier molecular flexibility index (Phi) is 6.08. The molecule has 1 aromatic heterocycles. The Hall–Kier alpha value is -1.68. The summed E-state index contributed by atoms with van der Waals surface area (Å²) in [6.07, 6.45) is 7.29. The molecule has 0 spiro atoms. The molecule has 0 saturated heterocycles. The molecule has 0 aliphatic heterocycles. The molecule has 2 N–H and O–H groups in total. The molecule has 0 aromatic carbocycles. The van der Waals surface area contributed by atoms with Crippen molar-refractivity contribution in [3.8, 4) is 0 Å². The molecule has 18 heavy (non-hydrogen) atoms. The van der Waals surface area contributed by atoms with Crippen LogP contribution in [0.3, 0.4) is 0 Å². The van der Waals surface area contributed by atoms with Gasteiger partial charge in [-0.05, 0) is 30.0 Å². The van der Waals surface area contributed by atoms with Crippen LogP contribution in [0, 0.1) is 5.92 Å². The Bertz CT molecular complexity index is 388. The second-order valence-corrected chi connectivity index (χ2v) is 4.64. The van der Waals surface area contributed by atoms with Crippen molar-refractivity contribution in [3.05, 3.63) is 36.2 Å². The van der Waals surface area contributed by atoms with E-state index in [-0.39, 0.29) is 18.6 Å². The highest BCUT2D eigenvalue weighted by molar-refractivity contribution is 5.91. The number of hydrogen-bond donors (Lipinski definition) is 2. The van der Waals surface area contributed by atoms with Crippen molar-refractivity contribution >= 4 is 12.0 Å². The Balaban J connectivity index is 2.48. The van der Waals surface area contributed by atoms with E-state index >= 15 is 0 Å². The normalized spacial score (nSPS) is 12.9. The maximum atomic E-state index is 11.6. The van der Waals surface area contributed by atoms with Crippen molar-refractivity contribution in [1.29, 1.82) is 0 Å². The molecule has 0 saturated carbocycles. The first-order valence-corrected chi connectivity index (χ1v) is 6.11. The van der Waals surface area contributed by atoms with Crippen LogP contribution in [-0.4, -0.2) is 28.6 Å². The second kappa shape index (κ2) is 7.61. The van der Waals surface area contributed by atoms with Crippen LogP contribution < -0.4 is 5.32 Å². The SMILES string of the molecule is CC(C)CC(CO)NC(=O)C=Cc1cccnc1. The molecule has 1 unspecified atom stereocenters. The molecule has 1 aromatic rings. The lowest BCUT2D eigenvalue weighted by Gasteiger charge is -2.17. The maximum absolute atomic E-state index is 11.6. The van der Waals surface area contributed by atoms with Gasteiger partial charge in [-0.15, -0.1) is 0 Å². The quantitative estimate of drug-likeness (QED) is 0.752. The minimum Gasteiger partial charge on any atom is -0.394 e. The highest BCUT2D eigenvalue weighted by Crippen LogP contribution is 2.04. The van der Waals surface area contributed by atoms with Crippen molar-refractivity contribution < 1.29 is 9.90 Å². The van der Waals surface area contributed by atoms with E-state index < -0.39 is 0 Å². The Morgan fingerprint density at radius 2 is 2.33 bits per heavy atom. The van der Waals surface area contributed by atoms with Gasteiger partial charge in [0.1, 0.15) is 0 Å². The zero-order chi connectivity index (χ0) is 13.4. The maximum Gasteiger partial charge on any atom is 0.244 e. The standard InChI is InChI=1S/C14H20N2O2/c1-11(2)8-13(10-17)16-14(18)6-5-12-4-3-7-15-9-12/h3-7,9,11,13,17H,8,10H2,1-2H3,(H,16,18). The van der Waals surface area contributed by atoms with Crippen molar-refractivity contribution in [2.45, 2.75) is 26.3 Å². The molecule has 98 valence electrons. The van der Waals surface area contributed by atoms with E-state index in [0.29, 0.717) is 5.92 Å². The predicted molar refractivity (Wildman–Crippen MR) is 71.7 cm³/mol. The topological polar surface area (TPSA) is 62.2 Å². The third-order valence-corrected chi connectivity index (χ3v) is 2.43. The van der Waals surface area contributed by atoms with Gasteiger partial charge in [0.2, 0.25) is 5.91 Å². The van der Waals surface area contributed by atoms with Crippen molar-refractivity contribution in [1.82, 2.24) is 10.3 Å². The summed E-state index contributed by atoms with van der Waals surface area (Å²) in [5, 5.41) is 11.9. The number of aromatic nitrogens is 1. The summed E-state index contributed by atoms with van der Waals surface area (Å²) in [5.41, 5.74) is 0.872. The van der Waals surface area contributed by atoms with E-state index in [9.17, 15) is 4.79 Å². The molecule has 1 rings (SSSR count). The number of amides is 1. The lowest BCUT2D eigenvalue weighted by molar-refractivity contribution is -0.117. The molecular weight excluding hydrogens is 228 g/mol. The molecule has 0 bridgehead atoms. The van der Waals surface area contributed by atoms with Crippen LogP contribution in [0.15, 0.2) is 30.6 Å². The molecule has 1 heterocycles. The van der Waals surface area contributed by atoms with Gasteiger partial charge in [0.15, 0.2) is 0 Å². The van der Waals surface area contributed by atoms with Gasteiger partial charge < -0.3 is 10.4 Å².